The molecule has 132 valence electrons. The molecule has 0 aliphatic rings. The largest absolute Gasteiger partial charge is 0.317 e. The zero-order valence-corrected chi connectivity index (χ0v) is 15.8. The molecule has 3 aromatic rings. The lowest BCUT2D eigenvalue weighted by Crippen LogP contribution is -2.20. The van der Waals surface area contributed by atoms with Crippen LogP contribution in [0.5, 0.6) is 0 Å². The molecule has 3 aromatic carbocycles. The maximum Gasteiger partial charge on any atom is 0.317 e. The molecule has 0 saturated heterocycles. The molecule has 0 amide bonds. The number of rotatable bonds is 3. The van der Waals surface area contributed by atoms with Gasteiger partial charge in [-0.2, -0.15) is 8.42 Å². The molecule has 2 nitrogen and oxygen atoms in total. The standard InChI is InChI=1S/C18H15P.CH4.Cl2O2S/c1-4-10-16(11-5-1)19(17-12-6-2-7-13-17)18-14-8-3-9-15-18;;1-5(2,3)4/h1-15H;1H4;. The van der Waals surface area contributed by atoms with Gasteiger partial charge in [-0.1, -0.05) is 98.4 Å². The van der Waals surface area contributed by atoms with Crippen LogP contribution < -0.4 is 15.9 Å². The fourth-order valence-electron chi connectivity index (χ4n) is 2.18. The van der Waals surface area contributed by atoms with Crippen LogP contribution in [0, 0.1) is 0 Å². The molecule has 0 saturated carbocycles. The van der Waals surface area contributed by atoms with Gasteiger partial charge in [0, 0.05) is 21.4 Å². The molecule has 0 bridgehead atoms. The molecular weight excluding hydrogens is 394 g/mol. The van der Waals surface area contributed by atoms with E-state index in [9.17, 15) is 0 Å². The average Bonchev–Trinajstić information content (AvgIpc) is 2.57. The van der Waals surface area contributed by atoms with Crippen molar-refractivity contribution >= 4 is 53.5 Å². The Morgan fingerprint density at radius 3 is 0.960 bits per heavy atom. The molecule has 6 heteroatoms. The highest BCUT2D eigenvalue weighted by Crippen LogP contribution is 2.32. The van der Waals surface area contributed by atoms with Gasteiger partial charge >= 0.3 is 8.26 Å². The summed E-state index contributed by atoms with van der Waals surface area (Å²) in [6.45, 7) is 0. The van der Waals surface area contributed by atoms with Crippen molar-refractivity contribution < 1.29 is 8.42 Å². The highest BCUT2D eigenvalue weighted by molar-refractivity contribution is 8.31. The minimum atomic E-state index is -3.72. The van der Waals surface area contributed by atoms with E-state index in [4.69, 9.17) is 8.42 Å². The maximum atomic E-state index is 9.16. The van der Waals surface area contributed by atoms with Crippen molar-refractivity contribution in [1.82, 2.24) is 0 Å². The van der Waals surface area contributed by atoms with Crippen LogP contribution in [0.1, 0.15) is 7.43 Å². The van der Waals surface area contributed by atoms with E-state index in [0.29, 0.717) is 0 Å². The first-order valence-electron chi connectivity index (χ1n) is 7.04. The van der Waals surface area contributed by atoms with Gasteiger partial charge in [-0.3, -0.25) is 0 Å². The molecule has 0 radical (unpaired) electrons. The number of halogens is 2. The number of hydrogen-bond donors (Lipinski definition) is 0. The molecule has 0 aliphatic heterocycles. The van der Waals surface area contributed by atoms with Gasteiger partial charge < -0.3 is 0 Å². The van der Waals surface area contributed by atoms with Crippen LogP contribution in [-0.2, 0) is 8.26 Å². The van der Waals surface area contributed by atoms with Crippen molar-refractivity contribution in [1.29, 1.82) is 0 Å². The van der Waals surface area contributed by atoms with Crippen LogP contribution in [0.4, 0.5) is 0 Å². The van der Waals surface area contributed by atoms with E-state index in [1.165, 1.54) is 15.9 Å². The molecule has 0 heterocycles. The summed E-state index contributed by atoms with van der Waals surface area (Å²) in [5, 5.41) is 4.19. The van der Waals surface area contributed by atoms with E-state index >= 15 is 0 Å². The Kier molecular flexibility index (Phi) is 9.16. The van der Waals surface area contributed by atoms with Crippen LogP contribution in [0.2, 0.25) is 0 Å². The van der Waals surface area contributed by atoms with Crippen molar-refractivity contribution in [2.24, 2.45) is 0 Å². The van der Waals surface area contributed by atoms with Gasteiger partial charge in [-0.05, 0) is 23.8 Å². The Bertz CT molecular complexity index is 740. The predicted octanol–water partition coefficient (Wildman–Crippen LogP) is 4.79. The Hall–Kier alpha value is -1.38. The van der Waals surface area contributed by atoms with Gasteiger partial charge in [0.15, 0.2) is 0 Å². The molecule has 0 fully saturated rings. The summed E-state index contributed by atoms with van der Waals surface area (Å²) in [5.41, 5.74) is 0. The second kappa shape index (κ2) is 10.6. The van der Waals surface area contributed by atoms with E-state index < -0.39 is 16.2 Å². The van der Waals surface area contributed by atoms with Crippen molar-refractivity contribution in [2.45, 2.75) is 7.43 Å². The lowest BCUT2D eigenvalue weighted by molar-refractivity contribution is 0.621. The normalized spacial score (nSPS) is 10.4. The van der Waals surface area contributed by atoms with Crippen LogP contribution >= 0.6 is 29.3 Å². The van der Waals surface area contributed by atoms with E-state index in [1.807, 2.05) is 0 Å². The zero-order valence-electron chi connectivity index (χ0n) is 12.6. The monoisotopic (exact) mass is 412 g/mol. The average molecular weight is 413 g/mol. The molecule has 0 aromatic heterocycles. The summed E-state index contributed by atoms with van der Waals surface area (Å²) in [6, 6.07) is 32.3. The van der Waals surface area contributed by atoms with Gasteiger partial charge in [0.2, 0.25) is 0 Å². The van der Waals surface area contributed by atoms with Crippen molar-refractivity contribution in [3.63, 3.8) is 0 Å². The van der Waals surface area contributed by atoms with Crippen LogP contribution in [0.15, 0.2) is 91.0 Å². The minimum absolute atomic E-state index is 0. The van der Waals surface area contributed by atoms with Crippen LogP contribution in [-0.4, -0.2) is 8.42 Å². The Morgan fingerprint density at radius 2 is 0.760 bits per heavy atom. The summed E-state index contributed by atoms with van der Waals surface area (Å²) in [6.07, 6.45) is 0. The second-order valence-corrected chi connectivity index (χ2v) is 10.6. The summed E-state index contributed by atoms with van der Waals surface area (Å²) >= 11 is 0. The van der Waals surface area contributed by atoms with E-state index in [-0.39, 0.29) is 7.43 Å². The van der Waals surface area contributed by atoms with Gasteiger partial charge in [-0.15, -0.1) is 0 Å². The smallest absolute Gasteiger partial charge is 0.195 e. The van der Waals surface area contributed by atoms with Gasteiger partial charge in [0.25, 0.3) is 0 Å². The third kappa shape index (κ3) is 8.02. The lowest BCUT2D eigenvalue weighted by atomic mass is 10.4. The lowest BCUT2D eigenvalue weighted by Gasteiger charge is -2.18. The molecule has 3 rings (SSSR count). The summed E-state index contributed by atoms with van der Waals surface area (Å²) < 4.78 is 18.3. The van der Waals surface area contributed by atoms with Crippen LogP contribution in [0.25, 0.3) is 0 Å². The quantitative estimate of drug-likeness (QED) is 0.457. The van der Waals surface area contributed by atoms with E-state index in [0.717, 1.165) is 0 Å². The first kappa shape index (κ1) is 21.7. The summed E-state index contributed by atoms with van der Waals surface area (Å²) in [7, 11) is 4.37. The van der Waals surface area contributed by atoms with E-state index in [2.05, 4.69) is 112 Å². The van der Waals surface area contributed by atoms with Gasteiger partial charge in [0.1, 0.15) is 0 Å². The number of benzene rings is 3. The number of hydrogen-bond acceptors (Lipinski definition) is 2. The Labute approximate surface area is 160 Å². The maximum absolute atomic E-state index is 9.16. The van der Waals surface area contributed by atoms with E-state index in [1.54, 1.807) is 0 Å². The van der Waals surface area contributed by atoms with Gasteiger partial charge in [-0.25, -0.2) is 0 Å². The molecule has 25 heavy (non-hydrogen) atoms. The van der Waals surface area contributed by atoms with Crippen molar-refractivity contribution in [3.05, 3.63) is 91.0 Å². The van der Waals surface area contributed by atoms with Gasteiger partial charge in [0.05, 0.1) is 0 Å². The van der Waals surface area contributed by atoms with Crippen LogP contribution in [0.3, 0.4) is 0 Å². The minimum Gasteiger partial charge on any atom is -0.195 e. The molecular formula is C19H19Cl2O2PS. The predicted molar refractivity (Wildman–Crippen MR) is 113 cm³/mol. The third-order valence-corrected chi connectivity index (χ3v) is 5.49. The fourth-order valence-corrected chi connectivity index (χ4v) is 4.48. The molecule has 0 spiro atoms. The molecule has 0 atom stereocenters. The van der Waals surface area contributed by atoms with Crippen molar-refractivity contribution in [3.8, 4) is 0 Å². The topological polar surface area (TPSA) is 34.1 Å². The molecule has 0 aliphatic carbocycles. The third-order valence-electron chi connectivity index (χ3n) is 3.04. The molecule has 0 N–H and O–H groups in total. The summed E-state index contributed by atoms with van der Waals surface area (Å²) in [4.78, 5) is 0. The SMILES string of the molecule is C.O=S(=O)(Cl)Cl.c1ccc(P(c2ccccc2)c2ccccc2)cc1. The first-order valence-corrected chi connectivity index (χ1v) is 11.5. The van der Waals surface area contributed by atoms with Crippen molar-refractivity contribution in [2.75, 3.05) is 0 Å². The second-order valence-electron chi connectivity index (χ2n) is 4.72. The highest BCUT2D eigenvalue weighted by atomic mass is 36.0. The first-order chi connectivity index (χ1) is 11.4. The molecule has 0 unspecified atom stereocenters. The Balaban J connectivity index is 0.000000462. The summed E-state index contributed by atoms with van der Waals surface area (Å²) in [5.74, 6) is 0. The fraction of sp³-hybridized carbons (Fsp3) is 0.0526. The Morgan fingerprint density at radius 1 is 0.560 bits per heavy atom. The highest BCUT2D eigenvalue weighted by Gasteiger charge is 2.14. The zero-order chi connectivity index (χ0) is 17.4.